The van der Waals surface area contributed by atoms with E-state index in [2.05, 4.69) is 10.4 Å². The molecule has 1 aliphatic heterocycles. The molecule has 120 valence electrons. The largest absolute Gasteiger partial charge is 0.508 e. The maximum Gasteiger partial charge on any atom is 0.285 e. The molecule has 1 fully saturated rings. The minimum Gasteiger partial charge on any atom is -0.508 e. The van der Waals surface area contributed by atoms with Gasteiger partial charge in [0.25, 0.3) is 11.8 Å². The molecule has 0 atom stereocenters. The van der Waals surface area contributed by atoms with Crippen molar-refractivity contribution in [2.45, 2.75) is 0 Å². The van der Waals surface area contributed by atoms with Crippen molar-refractivity contribution < 1.29 is 14.7 Å². The first-order valence-electron chi connectivity index (χ1n) is 6.82. The molecule has 8 heteroatoms. The summed E-state index contributed by atoms with van der Waals surface area (Å²) in [6.07, 6.45) is 4.92. The number of rotatable bonds is 3. The molecule has 0 unspecified atom stereocenters. The third-order valence-electron chi connectivity index (χ3n) is 3.10. The van der Waals surface area contributed by atoms with Crippen LogP contribution in [0.25, 0.3) is 6.08 Å². The first kappa shape index (κ1) is 16.2. The van der Waals surface area contributed by atoms with Gasteiger partial charge in [-0.15, -0.1) is 0 Å². The molecule has 0 spiro atoms. The van der Waals surface area contributed by atoms with Crippen molar-refractivity contribution in [3.8, 4) is 5.75 Å². The summed E-state index contributed by atoms with van der Waals surface area (Å²) < 4.78 is 0.226. The Labute approximate surface area is 147 Å². The van der Waals surface area contributed by atoms with Gasteiger partial charge in [-0.2, -0.15) is 5.01 Å². The highest BCUT2D eigenvalue weighted by atomic mass is 32.2. The van der Waals surface area contributed by atoms with Gasteiger partial charge >= 0.3 is 0 Å². The maximum atomic E-state index is 12.4. The van der Waals surface area contributed by atoms with Crippen LogP contribution in [0, 0.1) is 0 Å². The smallest absolute Gasteiger partial charge is 0.285 e. The lowest BCUT2D eigenvalue weighted by Gasteiger charge is -2.15. The van der Waals surface area contributed by atoms with Crippen molar-refractivity contribution in [2.24, 2.45) is 0 Å². The van der Waals surface area contributed by atoms with Crippen LogP contribution in [-0.4, -0.2) is 31.2 Å². The van der Waals surface area contributed by atoms with Crippen molar-refractivity contribution in [3.05, 3.63) is 64.8 Å². The van der Waals surface area contributed by atoms with Crippen molar-refractivity contribution >= 4 is 46.2 Å². The minimum atomic E-state index is -0.537. The van der Waals surface area contributed by atoms with Crippen LogP contribution >= 0.6 is 24.0 Å². The summed E-state index contributed by atoms with van der Waals surface area (Å²) in [5, 5.41) is 10.4. The second-order valence-corrected chi connectivity index (χ2v) is 6.47. The number of aromatic nitrogens is 1. The molecular formula is C16H11N3O3S2. The molecule has 24 heavy (non-hydrogen) atoms. The van der Waals surface area contributed by atoms with Crippen LogP contribution in [0.5, 0.6) is 5.75 Å². The van der Waals surface area contributed by atoms with Crippen LogP contribution in [0.1, 0.15) is 15.9 Å². The van der Waals surface area contributed by atoms with Gasteiger partial charge in [-0.05, 0) is 48.1 Å². The molecular weight excluding hydrogens is 346 g/mol. The predicted octanol–water partition coefficient (Wildman–Crippen LogP) is 2.33. The first-order valence-corrected chi connectivity index (χ1v) is 8.05. The van der Waals surface area contributed by atoms with Gasteiger partial charge in [0.05, 0.1) is 4.91 Å². The Bertz CT molecular complexity index is 853. The molecule has 0 saturated carbocycles. The SMILES string of the molecule is O=C(NN1C(=O)C(=Cc2cccnc2)SC1=S)c1cccc(O)c1. The van der Waals surface area contributed by atoms with Crippen molar-refractivity contribution in [1.82, 2.24) is 15.4 Å². The summed E-state index contributed by atoms with van der Waals surface area (Å²) >= 11 is 6.25. The van der Waals surface area contributed by atoms with E-state index >= 15 is 0 Å². The van der Waals surface area contributed by atoms with E-state index in [0.29, 0.717) is 4.91 Å². The quantitative estimate of drug-likeness (QED) is 0.648. The van der Waals surface area contributed by atoms with E-state index in [1.807, 2.05) is 6.07 Å². The fraction of sp³-hybridized carbons (Fsp3) is 0. The number of thioether (sulfide) groups is 1. The Hall–Kier alpha value is -2.71. The molecule has 2 amide bonds. The van der Waals surface area contributed by atoms with Gasteiger partial charge in [0.2, 0.25) is 0 Å². The summed E-state index contributed by atoms with van der Waals surface area (Å²) in [4.78, 5) is 29.0. The molecule has 0 radical (unpaired) electrons. The Morgan fingerprint density at radius 1 is 1.33 bits per heavy atom. The van der Waals surface area contributed by atoms with Crippen LogP contribution in [0.3, 0.4) is 0 Å². The topological polar surface area (TPSA) is 82.5 Å². The Kier molecular flexibility index (Phi) is 4.59. The lowest BCUT2D eigenvalue weighted by Crippen LogP contribution is -2.44. The summed E-state index contributed by atoms with van der Waals surface area (Å²) in [7, 11) is 0. The highest BCUT2D eigenvalue weighted by molar-refractivity contribution is 8.26. The summed E-state index contributed by atoms with van der Waals surface area (Å²) in [5.41, 5.74) is 3.44. The number of aromatic hydroxyl groups is 1. The number of carbonyl (C=O) groups is 2. The van der Waals surface area contributed by atoms with Gasteiger partial charge in [0, 0.05) is 18.0 Å². The standard InChI is InChI=1S/C16H11N3O3S2/c20-12-5-1-4-11(8-12)14(21)18-19-15(22)13(24-16(19)23)7-10-3-2-6-17-9-10/h1-9,20H,(H,18,21). The van der Waals surface area contributed by atoms with E-state index in [1.165, 1.54) is 24.3 Å². The monoisotopic (exact) mass is 357 g/mol. The number of pyridine rings is 1. The van der Waals surface area contributed by atoms with Gasteiger partial charge in [-0.1, -0.05) is 23.9 Å². The Morgan fingerprint density at radius 2 is 2.17 bits per heavy atom. The molecule has 2 aromatic rings. The molecule has 1 aromatic heterocycles. The fourth-order valence-electron chi connectivity index (χ4n) is 1.99. The van der Waals surface area contributed by atoms with Gasteiger partial charge in [-0.25, -0.2) is 0 Å². The van der Waals surface area contributed by atoms with Crippen LogP contribution in [0.15, 0.2) is 53.7 Å². The van der Waals surface area contributed by atoms with Crippen molar-refractivity contribution in [1.29, 1.82) is 0 Å². The zero-order chi connectivity index (χ0) is 17.1. The number of phenolic OH excluding ortho intramolecular Hbond substituents is 1. The predicted molar refractivity (Wildman–Crippen MR) is 94.8 cm³/mol. The molecule has 6 nitrogen and oxygen atoms in total. The molecule has 0 aliphatic carbocycles. The molecule has 2 N–H and O–H groups in total. The number of nitrogens with zero attached hydrogens (tertiary/aromatic N) is 2. The zero-order valence-corrected chi connectivity index (χ0v) is 13.8. The van der Waals surface area contributed by atoms with Gasteiger partial charge in [0.1, 0.15) is 5.75 Å². The van der Waals surface area contributed by atoms with E-state index in [0.717, 1.165) is 22.3 Å². The third kappa shape index (κ3) is 3.44. The van der Waals surface area contributed by atoms with Crippen molar-refractivity contribution in [2.75, 3.05) is 0 Å². The van der Waals surface area contributed by atoms with Gasteiger partial charge in [0.15, 0.2) is 4.32 Å². The molecule has 1 aliphatic rings. The molecule has 1 saturated heterocycles. The third-order valence-corrected chi connectivity index (χ3v) is 4.40. The lowest BCUT2D eigenvalue weighted by molar-refractivity contribution is -0.123. The van der Waals surface area contributed by atoms with Crippen LogP contribution in [0.2, 0.25) is 0 Å². The van der Waals surface area contributed by atoms with Crippen LogP contribution < -0.4 is 5.43 Å². The Balaban J connectivity index is 1.77. The number of hydrazine groups is 1. The average Bonchev–Trinajstić information content (AvgIpc) is 2.83. The number of nitrogens with one attached hydrogen (secondary N) is 1. The summed E-state index contributed by atoms with van der Waals surface area (Å²) in [5.74, 6) is -0.989. The average molecular weight is 357 g/mol. The second kappa shape index (κ2) is 6.81. The lowest BCUT2D eigenvalue weighted by atomic mass is 10.2. The highest BCUT2D eigenvalue weighted by Gasteiger charge is 2.33. The first-order chi connectivity index (χ1) is 11.5. The van der Waals surface area contributed by atoms with Crippen LogP contribution in [-0.2, 0) is 4.79 Å². The van der Waals surface area contributed by atoms with Crippen molar-refractivity contribution in [3.63, 3.8) is 0 Å². The van der Waals surface area contributed by atoms with E-state index in [4.69, 9.17) is 12.2 Å². The number of benzene rings is 1. The summed E-state index contributed by atoms with van der Waals surface area (Å²) in [6.45, 7) is 0. The number of thiocarbonyl (C=S) groups is 1. The van der Waals surface area contributed by atoms with Gasteiger partial charge in [-0.3, -0.25) is 20.0 Å². The van der Waals surface area contributed by atoms with E-state index < -0.39 is 11.8 Å². The normalized spacial score (nSPS) is 15.8. The molecule has 2 heterocycles. The number of hydrogen-bond donors (Lipinski definition) is 2. The fourth-order valence-corrected chi connectivity index (χ4v) is 3.17. The number of carbonyl (C=O) groups excluding carboxylic acids is 2. The molecule has 0 bridgehead atoms. The maximum absolute atomic E-state index is 12.4. The number of hydrogen-bond acceptors (Lipinski definition) is 6. The summed E-state index contributed by atoms with van der Waals surface area (Å²) in [6, 6.07) is 9.39. The second-order valence-electron chi connectivity index (χ2n) is 4.79. The van der Waals surface area contributed by atoms with E-state index in [9.17, 15) is 14.7 Å². The minimum absolute atomic E-state index is 0.0375. The van der Waals surface area contributed by atoms with Gasteiger partial charge < -0.3 is 5.11 Å². The highest BCUT2D eigenvalue weighted by Crippen LogP contribution is 2.31. The molecule has 3 rings (SSSR count). The zero-order valence-electron chi connectivity index (χ0n) is 12.2. The van der Waals surface area contributed by atoms with Crippen LogP contribution in [0.4, 0.5) is 0 Å². The number of amides is 2. The van der Waals surface area contributed by atoms with E-state index in [-0.39, 0.29) is 15.6 Å². The Morgan fingerprint density at radius 3 is 2.88 bits per heavy atom. The number of phenols is 1. The molecule has 1 aromatic carbocycles. The van der Waals surface area contributed by atoms with E-state index in [1.54, 1.807) is 24.5 Å².